The van der Waals surface area contributed by atoms with Gasteiger partial charge in [-0.15, -0.1) is 11.3 Å². The molecule has 0 saturated carbocycles. The molecule has 1 fully saturated rings. The number of hydrogen-bond acceptors (Lipinski definition) is 5. The fraction of sp³-hybridized carbons (Fsp3) is 0.292. The number of amides is 1. The molecule has 0 spiro atoms. The van der Waals surface area contributed by atoms with Gasteiger partial charge in [0.15, 0.2) is 0 Å². The third kappa shape index (κ3) is 5.48. The molecule has 2 aromatic carbocycles. The molecule has 5 nitrogen and oxygen atoms in total. The first-order valence-corrected chi connectivity index (χ1v) is 11.1. The zero-order chi connectivity index (χ0) is 20.6. The van der Waals surface area contributed by atoms with Gasteiger partial charge in [-0.3, -0.25) is 9.69 Å². The second-order valence-electron chi connectivity index (χ2n) is 7.19. The maximum Gasteiger partial charge on any atom is 0.251 e. The van der Waals surface area contributed by atoms with Crippen LogP contribution in [0.3, 0.4) is 0 Å². The van der Waals surface area contributed by atoms with Crippen molar-refractivity contribution >= 4 is 17.2 Å². The molecule has 1 N–H and O–H groups in total. The number of benzene rings is 2. The summed E-state index contributed by atoms with van der Waals surface area (Å²) < 4.78 is 11.4. The molecule has 1 amide bonds. The molecule has 2 heterocycles. The van der Waals surface area contributed by atoms with Crippen LogP contribution in [0.25, 0.3) is 0 Å². The topological polar surface area (TPSA) is 50.8 Å². The first kappa shape index (κ1) is 20.6. The predicted octanol–water partition coefficient (Wildman–Crippen LogP) is 4.13. The van der Waals surface area contributed by atoms with Gasteiger partial charge < -0.3 is 14.8 Å². The van der Waals surface area contributed by atoms with Crippen LogP contribution in [-0.2, 0) is 11.3 Å². The van der Waals surface area contributed by atoms with Gasteiger partial charge in [-0.05, 0) is 35.2 Å². The Morgan fingerprint density at radius 2 is 1.90 bits per heavy atom. The molecular formula is C24H26N2O3S. The molecule has 1 atom stereocenters. The second-order valence-corrected chi connectivity index (χ2v) is 8.17. The SMILES string of the molecule is O=C(NC[C@@H](c1cccs1)N1CCOCC1)c1cccc(OCc2ccccc2)c1. The molecule has 0 radical (unpaired) electrons. The highest BCUT2D eigenvalue weighted by Gasteiger charge is 2.24. The lowest BCUT2D eigenvalue weighted by Gasteiger charge is -2.34. The Bertz CT molecular complexity index is 925. The highest BCUT2D eigenvalue weighted by molar-refractivity contribution is 7.10. The fourth-order valence-electron chi connectivity index (χ4n) is 3.54. The van der Waals surface area contributed by atoms with E-state index < -0.39 is 0 Å². The van der Waals surface area contributed by atoms with E-state index in [0.29, 0.717) is 24.5 Å². The van der Waals surface area contributed by atoms with Gasteiger partial charge in [0.1, 0.15) is 12.4 Å². The minimum atomic E-state index is -0.0880. The van der Waals surface area contributed by atoms with Crippen molar-refractivity contribution in [3.63, 3.8) is 0 Å². The van der Waals surface area contributed by atoms with Crippen LogP contribution in [0.4, 0.5) is 0 Å². The van der Waals surface area contributed by atoms with E-state index in [2.05, 4.69) is 27.7 Å². The van der Waals surface area contributed by atoms with Crippen molar-refractivity contribution < 1.29 is 14.3 Å². The van der Waals surface area contributed by atoms with Gasteiger partial charge in [0.05, 0.1) is 19.3 Å². The van der Waals surface area contributed by atoms with Gasteiger partial charge in [-0.1, -0.05) is 42.5 Å². The van der Waals surface area contributed by atoms with E-state index in [1.54, 1.807) is 17.4 Å². The summed E-state index contributed by atoms with van der Waals surface area (Å²) in [5, 5.41) is 5.20. The number of rotatable bonds is 8. The summed E-state index contributed by atoms with van der Waals surface area (Å²) in [6.07, 6.45) is 0. The lowest BCUT2D eigenvalue weighted by molar-refractivity contribution is 0.0169. The Labute approximate surface area is 181 Å². The molecular weight excluding hydrogens is 396 g/mol. The summed E-state index contributed by atoms with van der Waals surface area (Å²) in [4.78, 5) is 16.5. The normalized spacial score (nSPS) is 15.5. The fourth-order valence-corrected chi connectivity index (χ4v) is 4.40. The van der Waals surface area contributed by atoms with E-state index in [1.165, 1.54) is 4.88 Å². The molecule has 0 unspecified atom stereocenters. The van der Waals surface area contributed by atoms with Gasteiger partial charge in [-0.25, -0.2) is 0 Å². The zero-order valence-corrected chi connectivity index (χ0v) is 17.6. The molecule has 4 rings (SSSR count). The van der Waals surface area contributed by atoms with Gasteiger partial charge >= 0.3 is 0 Å². The Balaban J connectivity index is 1.37. The first-order valence-electron chi connectivity index (χ1n) is 10.2. The van der Waals surface area contributed by atoms with E-state index in [1.807, 2.05) is 48.5 Å². The van der Waals surface area contributed by atoms with Crippen molar-refractivity contribution in [3.8, 4) is 5.75 Å². The highest BCUT2D eigenvalue weighted by atomic mass is 32.1. The van der Waals surface area contributed by atoms with Gasteiger partial charge in [0.2, 0.25) is 0 Å². The minimum Gasteiger partial charge on any atom is -0.489 e. The second kappa shape index (κ2) is 10.4. The molecule has 3 aromatic rings. The average molecular weight is 423 g/mol. The number of hydrogen-bond donors (Lipinski definition) is 1. The molecule has 1 aromatic heterocycles. The smallest absolute Gasteiger partial charge is 0.251 e. The van der Waals surface area contributed by atoms with Crippen LogP contribution in [-0.4, -0.2) is 43.7 Å². The van der Waals surface area contributed by atoms with E-state index in [9.17, 15) is 4.79 Å². The Morgan fingerprint density at radius 3 is 2.67 bits per heavy atom. The molecule has 30 heavy (non-hydrogen) atoms. The Hall–Kier alpha value is -2.67. The van der Waals surface area contributed by atoms with Crippen LogP contribution in [0, 0.1) is 0 Å². The molecule has 0 bridgehead atoms. The highest BCUT2D eigenvalue weighted by Crippen LogP contribution is 2.25. The monoisotopic (exact) mass is 422 g/mol. The van der Waals surface area contributed by atoms with Crippen LogP contribution in [0.5, 0.6) is 5.75 Å². The third-order valence-corrected chi connectivity index (χ3v) is 6.13. The largest absolute Gasteiger partial charge is 0.489 e. The number of nitrogens with zero attached hydrogens (tertiary/aromatic N) is 1. The quantitative estimate of drug-likeness (QED) is 0.593. The molecule has 1 aliphatic heterocycles. The minimum absolute atomic E-state index is 0.0880. The van der Waals surface area contributed by atoms with E-state index in [0.717, 1.165) is 31.9 Å². The summed E-state index contributed by atoms with van der Waals surface area (Å²) in [7, 11) is 0. The van der Waals surface area contributed by atoms with Crippen molar-refractivity contribution in [2.75, 3.05) is 32.8 Å². The molecule has 0 aliphatic carbocycles. The van der Waals surface area contributed by atoms with E-state index in [4.69, 9.17) is 9.47 Å². The Kier molecular flexibility index (Phi) is 7.13. The number of ether oxygens (including phenoxy) is 2. The molecule has 156 valence electrons. The van der Waals surface area contributed by atoms with Gasteiger partial charge in [0.25, 0.3) is 5.91 Å². The van der Waals surface area contributed by atoms with Crippen molar-refractivity contribution in [2.45, 2.75) is 12.6 Å². The summed E-state index contributed by atoms with van der Waals surface area (Å²) >= 11 is 1.73. The first-order chi connectivity index (χ1) is 14.8. The predicted molar refractivity (Wildman–Crippen MR) is 119 cm³/mol. The Morgan fingerprint density at radius 1 is 1.07 bits per heavy atom. The molecule has 6 heteroatoms. The van der Waals surface area contributed by atoms with Crippen molar-refractivity contribution in [1.29, 1.82) is 0 Å². The standard InChI is InChI=1S/C24H26N2O3S/c27-24(20-8-4-9-21(16-20)29-18-19-6-2-1-3-7-19)25-17-22(23-10-5-15-30-23)26-11-13-28-14-12-26/h1-10,15-16,22H,11-14,17-18H2,(H,25,27)/t22-/m0/s1. The van der Waals surface area contributed by atoms with Crippen LogP contribution in [0.15, 0.2) is 72.1 Å². The molecule has 1 aliphatic rings. The number of thiophene rings is 1. The van der Waals surface area contributed by atoms with Gasteiger partial charge in [0, 0.05) is 30.1 Å². The average Bonchev–Trinajstić information content (AvgIpc) is 3.34. The maximum absolute atomic E-state index is 12.8. The summed E-state index contributed by atoms with van der Waals surface area (Å²) in [5.41, 5.74) is 1.70. The van der Waals surface area contributed by atoms with E-state index in [-0.39, 0.29) is 11.9 Å². The van der Waals surface area contributed by atoms with Crippen molar-refractivity contribution in [2.24, 2.45) is 0 Å². The lowest BCUT2D eigenvalue weighted by atomic mass is 10.1. The number of carbonyl (C=O) groups is 1. The summed E-state index contributed by atoms with van der Waals surface area (Å²) in [5.74, 6) is 0.601. The van der Waals surface area contributed by atoms with Crippen LogP contribution >= 0.6 is 11.3 Å². The van der Waals surface area contributed by atoms with Crippen LogP contribution < -0.4 is 10.1 Å². The summed E-state index contributed by atoms with van der Waals surface area (Å²) in [6, 6.07) is 21.7. The third-order valence-electron chi connectivity index (χ3n) is 5.16. The number of nitrogens with one attached hydrogen (secondary N) is 1. The van der Waals surface area contributed by atoms with Crippen LogP contribution in [0.1, 0.15) is 26.8 Å². The number of morpholine rings is 1. The van der Waals surface area contributed by atoms with E-state index >= 15 is 0 Å². The number of carbonyl (C=O) groups excluding carboxylic acids is 1. The molecule has 1 saturated heterocycles. The lowest BCUT2D eigenvalue weighted by Crippen LogP contribution is -2.43. The van der Waals surface area contributed by atoms with Crippen LogP contribution in [0.2, 0.25) is 0 Å². The summed E-state index contributed by atoms with van der Waals surface area (Å²) in [6.45, 7) is 4.26. The van der Waals surface area contributed by atoms with Gasteiger partial charge in [-0.2, -0.15) is 0 Å². The van der Waals surface area contributed by atoms with Crippen molar-refractivity contribution in [1.82, 2.24) is 10.2 Å². The zero-order valence-electron chi connectivity index (χ0n) is 16.8. The maximum atomic E-state index is 12.8. The van der Waals surface area contributed by atoms with Crippen molar-refractivity contribution in [3.05, 3.63) is 88.1 Å².